The maximum absolute atomic E-state index is 4.07. The standard InChI is InChI=1S/C60H61N/c1-10-13-26-45(11-2)60(47-29-18-14-15-19-30-47)44(6)53(51-31-22-17-23-34-55(51)60)39-43(5)61(48-36-35-42(4)56(40-48)58(7,8)46-27-20-16-21-28-46)49-37-38-52-50-32-24-25-33-54(50)59(9,12-3)57(52)41-49/h10-11,13-16,18-41,47H,1,12,17H2,2-9H3/b26-13-,43-39+,45-11+. The lowest BCUT2D eigenvalue weighted by molar-refractivity contribution is 0.457. The van der Waals surface area contributed by atoms with Crippen LogP contribution in [0.2, 0.25) is 0 Å². The van der Waals surface area contributed by atoms with E-state index in [0.717, 1.165) is 24.2 Å². The molecule has 306 valence electrons. The molecule has 0 aliphatic heterocycles. The summed E-state index contributed by atoms with van der Waals surface area (Å²) in [6.07, 6.45) is 35.8. The molecule has 0 amide bonds. The van der Waals surface area contributed by atoms with Crippen molar-refractivity contribution in [1.29, 1.82) is 0 Å². The highest BCUT2D eigenvalue weighted by molar-refractivity contribution is 5.84. The maximum atomic E-state index is 4.07. The normalized spacial score (nSPS) is 21.2. The highest BCUT2D eigenvalue weighted by Crippen LogP contribution is 2.60. The van der Waals surface area contributed by atoms with Gasteiger partial charge in [0.2, 0.25) is 0 Å². The van der Waals surface area contributed by atoms with Crippen molar-refractivity contribution in [1.82, 2.24) is 0 Å². The molecule has 2 unspecified atom stereocenters. The number of allylic oxidation sites excluding steroid dienone is 21. The topological polar surface area (TPSA) is 3.24 Å². The van der Waals surface area contributed by atoms with Crippen LogP contribution in [0.25, 0.3) is 11.1 Å². The number of anilines is 2. The van der Waals surface area contributed by atoms with Gasteiger partial charge in [0, 0.05) is 33.8 Å². The van der Waals surface area contributed by atoms with Gasteiger partial charge in [0.25, 0.3) is 0 Å². The van der Waals surface area contributed by atoms with Gasteiger partial charge in [-0.25, -0.2) is 0 Å². The van der Waals surface area contributed by atoms with Gasteiger partial charge in [0.15, 0.2) is 0 Å². The van der Waals surface area contributed by atoms with Crippen molar-refractivity contribution in [2.45, 2.75) is 79.1 Å². The zero-order valence-electron chi connectivity index (χ0n) is 37.5. The van der Waals surface area contributed by atoms with Crippen LogP contribution in [0.3, 0.4) is 0 Å². The Bertz CT molecular complexity index is 2680. The Hall–Kier alpha value is -6.18. The van der Waals surface area contributed by atoms with Crippen molar-refractivity contribution in [3.8, 4) is 11.1 Å². The fourth-order valence-corrected chi connectivity index (χ4v) is 10.8. The Kier molecular flexibility index (Phi) is 11.4. The summed E-state index contributed by atoms with van der Waals surface area (Å²) in [7, 11) is 0. The predicted molar refractivity (Wildman–Crippen MR) is 263 cm³/mol. The quantitative estimate of drug-likeness (QED) is 0.137. The number of nitrogens with zero attached hydrogens (tertiary/aromatic N) is 1. The van der Waals surface area contributed by atoms with Crippen LogP contribution in [0, 0.1) is 18.3 Å². The molecule has 0 fully saturated rings. The number of hydrogen-bond acceptors (Lipinski definition) is 1. The lowest BCUT2D eigenvalue weighted by Crippen LogP contribution is -2.32. The first-order chi connectivity index (χ1) is 29.5. The minimum Gasteiger partial charge on any atom is -0.314 e. The molecule has 0 N–H and O–H groups in total. The average Bonchev–Trinajstić information content (AvgIpc) is 3.48. The van der Waals surface area contributed by atoms with E-state index in [0.29, 0.717) is 0 Å². The minimum absolute atomic E-state index is 0.0865. The molecule has 0 saturated heterocycles. The average molecular weight is 796 g/mol. The van der Waals surface area contributed by atoms with E-state index in [4.69, 9.17) is 0 Å². The maximum Gasteiger partial charge on any atom is 0.0517 e. The van der Waals surface area contributed by atoms with Gasteiger partial charge in [-0.2, -0.15) is 0 Å². The van der Waals surface area contributed by atoms with E-state index in [1.807, 2.05) is 6.08 Å². The van der Waals surface area contributed by atoms with Crippen LogP contribution in [0.4, 0.5) is 11.4 Å². The van der Waals surface area contributed by atoms with Gasteiger partial charge in [-0.15, -0.1) is 0 Å². The summed E-state index contributed by atoms with van der Waals surface area (Å²) in [5.41, 5.74) is 18.7. The summed E-state index contributed by atoms with van der Waals surface area (Å²) in [6, 6.07) is 34.3. The number of hydrogen-bond donors (Lipinski definition) is 0. The Morgan fingerprint density at radius 1 is 0.820 bits per heavy atom. The second-order valence-corrected chi connectivity index (χ2v) is 17.8. The van der Waals surface area contributed by atoms with Crippen LogP contribution in [0.5, 0.6) is 0 Å². The van der Waals surface area contributed by atoms with Crippen LogP contribution < -0.4 is 4.90 Å². The SMILES string of the molecule is C=C/C=C\C(=C/C)C1(C2C=CC=CC=C2)C(C)=C(/C=C(\C)N(c2ccc(C)c(C(C)(C)c3ccccc3)c2)c2ccc3c(c2)C(C)(CC)c2ccccc2-3)C2=C1C=CCC=C2. The molecule has 4 aliphatic carbocycles. The van der Waals surface area contributed by atoms with Crippen molar-refractivity contribution >= 4 is 11.4 Å². The molecule has 0 radical (unpaired) electrons. The van der Waals surface area contributed by atoms with E-state index in [1.165, 1.54) is 72.5 Å². The molecule has 1 nitrogen and oxygen atoms in total. The zero-order valence-corrected chi connectivity index (χ0v) is 37.5. The van der Waals surface area contributed by atoms with Crippen molar-refractivity contribution in [2.24, 2.45) is 11.3 Å². The summed E-state index contributed by atoms with van der Waals surface area (Å²) in [4.78, 5) is 2.52. The van der Waals surface area contributed by atoms with Gasteiger partial charge < -0.3 is 4.90 Å². The van der Waals surface area contributed by atoms with Crippen molar-refractivity contribution in [3.63, 3.8) is 0 Å². The minimum atomic E-state index is -0.427. The van der Waals surface area contributed by atoms with Gasteiger partial charge in [-0.3, -0.25) is 0 Å². The Morgan fingerprint density at radius 2 is 1.49 bits per heavy atom. The largest absolute Gasteiger partial charge is 0.314 e. The molecule has 61 heavy (non-hydrogen) atoms. The number of benzene rings is 4. The first-order valence-corrected chi connectivity index (χ1v) is 22.2. The monoisotopic (exact) mass is 795 g/mol. The molecular weight excluding hydrogens is 735 g/mol. The van der Waals surface area contributed by atoms with Gasteiger partial charge in [0.05, 0.1) is 5.41 Å². The van der Waals surface area contributed by atoms with Gasteiger partial charge in [-0.1, -0.05) is 186 Å². The molecule has 0 saturated carbocycles. The fraction of sp³-hybridized carbons (Fsp3) is 0.233. The third kappa shape index (κ3) is 6.89. The van der Waals surface area contributed by atoms with Crippen LogP contribution in [0.15, 0.2) is 222 Å². The molecule has 0 bridgehead atoms. The molecule has 4 aromatic carbocycles. The highest BCUT2D eigenvalue weighted by atomic mass is 15.1. The number of rotatable bonds is 11. The highest BCUT2D eigenvalue weighted by Gasteiger charge is 2.49. The Balaban J connectivity index is 1.39. The Morgan fingerprint density at radius 3 is 2.21 bits per heavy atom. The lowest BCUT2D eigenvalue weighted by Gasteiger charge is -2.40. The van der Waals surface area contributed by atoms with Crippen LogP contribution in [-0.4, -0.2) is 0 Å². The molecule has 4 aromatic rings. The van der Waals surface area contributed by atoms with E-state index < -0.39 is 5.41 Å². The second-order valence-electron chi connectivity index (χ2n) is 17.8. The molecular formula is C60H61N. The van der Waals surface area contributed by atoms with Crippen molar-refractivity contribution in [3.05, 3.63) is 250 Å². The van der Waals surface area contributed by atoms with E-state index >= 15 is 0 Å². The molecule has 0 aromatic heterocycles. The molecule has 2 atom stereocenters. The third-order valence-corrected chi connectivity index (χ3v) is 14.2. The lowest BCUT2D eigenvalue weighted by atomic mass is 9.62. The smallest absolute Gasteiger partial charge is 0.0517 e. The van der Waals surface area contributed by atoms with E-state index in [-0.39, 0.29) is 16.7 Å². The van der Waals surface area contributed by atoms with Crippen LogP contribution >= 0.6 is 0 Å². The zero-order chi connectivity index (χ0) is 42.9. The summed E-state index contributed by atoms with van der Waals surface area (Å²) >= 11 is 0. The molecule has 0 heterocycles. The van der Waals surface area contributed by atoms with E-state index in [2.05, 4.69) is 243 Å². The first kappa shape index (κ1) is 41.5. The van der Waals surface area contributed by atoms with Crippen LogP contribution in [0.1, 0.15) is 89.1 Å². The fourth-order valence-electron chi connectivity index (χ4n) is 10.8. The number of fused-ring (bicyclic) bond motifs is 3. The van der Waals surface area contributed by atoms with E-state index in [1.54, 1.807) is 0 Å². The van der Waals surface area contributed by atoms with Gasteiger partial charge in [-0.05, 0) is 138 Å². The summed E-state index contributed by atoms with van der Waals surface area (Å²) in [5, 5.41) is 0. The van der Waals surface area contributed by atoms with Crippen molar-refractivity contribution in [2.75, 3.05) is 4.90 Å². The van der Waals surface area contributed by atoms with Crippen LogP contribution in [-0.2, 0) is 10.8 Å². The number of aryl methyl sites for hydroxylation is 1. The molecule has 8 rings (SSSR count). The predicted octanol–water partition coefficient (Wildman–Crippen LogP) is 16.2. The molecule has 0 spiro atoms. The third-order valence-electron chi connectivity index (χ3n) is 14.2. The summed E-state index contributed by atoms with van der Waals surface area (Å²) in [5.74, 6) is 0.0940. The molecule has 1 heteroatoms. The Labute approximate surface area is 366 Å². The van der Waals surface area contributed by atoms with E-state index in [9.17, 15) is 0 Å². The summed E-state index contributed by atoms with van der Waals surface area (Å²) in [6.45, 7) is 22.7. The second kappa shape index (κ2) is 16.7. The van der Waals surface area contributed by atoms with Gasteiger partial charge >= 0.3 is 0 Å². The van der Waals surface area contributed by atoms with Gasteiger partial charge in [0.1, 0.15) is 0 Å². The van der Waals surface area contributed by atoms with Crippen molar-refractivity contribution < 1.29 is 0 Å². The summed E-state index contributed by atoms with van der Waals surface area (Å²) < 4.78 is 0. The first-order valence-electron chi connectivity index (χ1n) is 22.2. The molecule has 4 aliphatic rings.